The second-order valence-corrected chi connectivity index (χ2v) is 3.60. The van der Waals surface area contributed by atoms with Gasteiger partial charge in [-0.05, 0) is 6.07 Å². The van der Waals surface area contributed by atoms with Crippen LogP contribution in [0.2, 0.25) is 0 Å². The first-order valence-corrected chi connectivity index (χ1v) is 4.35. The SMILES string of the molecule is Fc1c(C(Cl)Cl)cccc1C(F)(F)F. The lowest BCUT2D eigenvalue weighted by molar-refractivity contribution is -0.140. The van der Waals surface area contributed by atoms with Gasteiger partial charge in [0.15, 0.2) is 0 Å². The first-order valence-electron chi connectivity index (χ1n) is 3.48. The molecule has 0 aliphatic carbocycles. The molecule has 0 saturated heterocycles. The highest BCUT2D eigenvalue weighted by molar-refractivity contribution is 6.44. The Morgan fingerprint density at radius 2 is 1.71 bits per heavy atom. The summed E-state index contributed by atoms with van der Waals surface area (Å²) < 4.78 is 49.6. The van der Waals surface area contributed by atoms with Gasteiger partial charge in [-0.3, -0.25) is 0 Å². The van der Waals surface area contributed by atoms with Gasteiger partial charge in [0.1, 0.15) is 10.7 Å². The van der Waals surface area contributed by atoms with Crippen molar-refractivity contribution in [3.63, 3.8) is 0 Å². The topological polar surface area (TPSA) is 0 Å². The molecule has 0 nitrogen and oxygen atoms in total. The summed E-state index contributed by atoms with van der Waals surface area (Å²) in [5.41, 5.74) is -1.73. The number of benzene rings is 1. The molecule has 0 amide bonds. The summed E-state index contributed by atoms with van der Waals surface area (Å²) in [5, 5.41) is 0. The minimum Gasteiger partial charge on any atom is -0.206 e. The smallest absolute Gasteiger partial charge is 0.206 e. The van der Waals surface area contributed by atoms with E-state index in [2.05, 4.69) is 0 Å². The Morgan fingerprint density at radius 1 is 1.14 bits per heavy atom. The molecular formula is C8H4Cl2F4. The van der Waals surface area contributed by atoms with Crippen molar-refractivity contribution in [2.45, 2.75) is 11.0 Å². The Morgan fingerprint density at radius 3 is 2.14 bits per heavy atom. The van der Waals surface area contributed by atoms with E-state index in [-0.39, 0.29) is 5.56 Å². The molecule has 1 aromatic rings. The van der Waals surface area contributed by atoms with Gasteiger partial charge in [0.2, 0.25) is 0 Å². The molecule has 0 aliphatic rings. The third kappa shape index (κ3) is 2.30. The highest BCUT2D eigenvalue weighted by atomic mass is 35.5. The lowest BCUT2D eigenvalue weighted by Gasteiger charge is -2.11. The number of halogens is 6. The van der Waals surface area contributed by atoms with Gasteiger partial charge in [0.05, 0.1) is 5.56 Å². The summed E-state index contributed by atoms with van der Waals surface area (Å²) >= 11 is 10.6. The van der Waals surface area contributed by atoms with E-state index in [0.717, 1.165) is 12.1 Å². The Kier molecular flexibility index (Phi) is 3.27. The molecule has 1 aromatic carbocycles. The van der Waals surface area contributed by atoms with E-state index in [1.807, 2.05) is 0 Å². The molecule has 0 atom stereocenters. The maximum Gasteiger partial charge on any atom is 0.419 e. The average molecular weight is 247 g/mol. The minimum absolute atomic E-state index is 0.372. The van der Waals surface area contributed by atoms with Crippen LogP contribution in [-0.4, -0.2) is 0 Å². The second-order valence-electron chi connectivity index (χ2n) is 2.51. The van der Waals surface area contributed by atoms with Crippen LogP contribution < -0.4 is 0 Å². The van der Waals surface area contributed by atoms with Crippen LogP contribution in [0.3, 0.4) is 0 Å². The van der Waals surface area contributed by atoms with Crippen molar-refractivity contribution in [1.82, 2.24) is 0 Å². The molecule has 78 valence electrons. The summed E-state index contributed by atoms with van der Waals surface area (Å²) in [6.07, 6.45) is -4.73. The number of rotatable bonds is 1. The van der Waals surface area contributed by atoms with E-state index in [9.17, 15) is 17.6 Å². The minimum atomic E-state index is -4.73. The highest BCUT2D eigenvalue weighted by Gasteiger charge is 2.35. The standard InChI is InChI=1S/C8H4Cl2F4/c9-7(10)4-2-1-3-5(6(4)11)8(12,13)14/h1-3,7H. The van der Waals surface area contributed by atoms with Gasteiger partial charge in [-0.1, -0.05) is 35.3 Å². The molecule has 0 aromatic heterocycles. The van der Waals surface area contributed by atoms with Crippen molar-refractivity contribution < 1.29 is 17.6 Å². The van der Waals surface area contributed by atoms with Gasteiger partial charge in [0.25, 0.3) is 0 Å². The van der Waals surface area contributed by atoms with E-state index in [1.54, 1.807) is 0 Å². The molecule has 0 spiro atoms. The van der Waals surface area contributed by atoms with Crippen molar-refractivity contribution in [1.29, 1.82) is 0 Å². The molecular weight excluding hydrogens is 243 g/mol. The van der Waals surface area contributed by atoms with E-state index >= 15 is 0 Å². The number of hydrogen-bond acceptors (Lipinski definition) is 0. The number of hydrogen-bond donors (Lipinski definition) is 0. The van der Waals surface area contributed by atoms with E-state index in [4.69, 9.17) is 23.2 Å². The Hall–Kier alpha value is -0.480. The van der Waals surface area contributed by atoms with Gasteiger partial charge in [-0.15, -0.1) is 0 Å². The fraction of sp³-hybridized carbons (Fsp3) is 0.250. The van der Waals surface area contributed by atoms with Crippen LogP contribution in [0.5, 0.6) is 0 Å². The largest absolute Gasteiger partial charge is 0.419 e. The average Bonchev–Trinajstić information content (AvgIpc) is 2.01. The maximum absolute atomic E-state index is 13.1. The first-order chi connectivity index (χ1) is 6.34. The predicted molar refractivity (Wildman–Crippen MR) is 45.8 cm³/mol. The fourth-order valence-electron chi connectivity index (χ4n) is 0.937. The zero-order valence-electron chi connectivity index (χ0n) is 6.58. The highest BCUT2D eigenvalue weighted by Crippen LogP contribution is 2.36. The molecule has 0 bridgehead atoms. The summed E-state index contributed by atoms with van der Waals surface area (Å²) in [5.74, 6) is -1.42. The van der Waals surface area contributed by atoms with E-state index in [0.29, 0.717) is 6.07 Å². The van der Waals surface area contributed by atoms with Crippen molar-refractivity contribution >= 4 is 23.2 Å². The summed E-state index contributed by atoms with van der Waals surface area (Å²) in [6, 6.07) is 2.79. The third-order valence-electron chi connectivity index (χ3n) is 1.57. The molecule has 14 heavy (non-hydrogen) atoms. The summed E-state index contributed by atoms with van der Waals surface area (Å²) in [7, 11) is 0. The van der Waals surface area contributed by atoms with Crippen molar-refractivity contribution in [2.75, 3.05) is 0 Å². The Bertz CT molecular complexity index is 333. The molecule has 0 radical (unpaired) electrons. The van der Waals surface area contributed by atoms with Crippen LogP contribution >= 0.6 is 23.2 Å². The first kappa shape index (κ1) is 11.6. The van der Waals surface area contributed by atoms with Crippen LogP contribution in [0, 0.1) is 5.82 Å². The fourth-order valence-corrected chi connectivity index (χ4v) is 1.27. The summed E-state index contributed by atoms with van der Waals surface area (Å²) in [4.78, 5) is -1.31. The zero-order valence-corrected chi connectivity index (χ0v) is 8.09. The monoisotopic (exact) mass is 246 g/mol. The lowest BCUT2D eigenvalue weighted by atomic mass is 10.1. The van der Waals surface area contributed by atoms with Crippen molar-refractivity contribution in [3.05, 3.63) is 35.1 Å². The van der Waals surface area contributed by atoms with E-state index < -0.39 is 22.4 Å². The van der Waals surface area contributed by atoms with E-state index in [1.165, 1.54) is 0 Å². The van der Waals surface area contributed by atoms with Gasteiger partial charge in [-0.25, -0.2) is 4.39 Å². The lowest BCUT2D eigenvalue weighted by Crippen LogP contribution is -2.09. The van der Waals surface area contributed by atoms with Crippen molar-refractivity contribution in [3.8, 4) is 0 Å². The van der Waals surface area contributed by atoms with Crippen LogP contribution in [0.4, 0.5) is 17.6 Å². The zero-order chi connectivity index (χ0) is 10.9. The quantitative estimate of drug-likeness (QED) is 0.512. The van der Waals surface area contributed by atoms with Gasteiger partial charge >= 0.3 is 6.18 Å². The van der Waals surface area contributed by atoms with Gasteiger partial charge in [0, 0.05) is 5.56 Å². The molecule has 0 unspecified atom stereocenters. The van der Waals surface area contributed by atoms with Crippen molar-refractivity contribution in [2.24, 2.45) is 0 Å². The molecule has 0 fully saturated rings. The molecule has 6 heteroatoms. The van der Waals surface area contributed by atoms with Gasteiger partial charge in [-0.2, -0.15) is 13.2 Å². The normalized spacial score (nSPS) is 12.2. The molecule has 0 saturated carbocycles. The Labute approximate surface area is 87.4 Å². The second kappa shape index (κ2) is 3.95. The van der Waals surface area contributed by atoms with Crippen LogP contribution in [-0.2, 0) is 6.18 Å². The molecule has 0 N–H and O–H groups in total. The number of alkyl halides is 5. The predicted octanol–water partition coefficient (Wildman–Crippen LogP) is 4.32. The van der Waals surface area contributed by atoms with Gasteiger partial charge < -0.3 is 0 Å². The van der Waals surface area contributed by atoms with Crippen LogP contribution in [0.25, 0.3) is 0 Å². The molecule has 0 heterocycles. The van der Waals surface area contributed by atoms with Crippen LogP contribution in [0.1, 0.15) is 16.0 Å². The summed E-state index contributed by atoms with van der Waals surface area (Å²) in [6.45, 7) is 0. The third-order valence-corrected chi connectivity index (χ3v) is 2.04. The van der Waals surface area contributed by atoms with Crippen LogP contribution in [0.15, 0.2) is 18.2 Å². The molecule has 0 aliphatic heterocycles. The molecule has 1 rings (SSSR count). The Balaban J connectivity index is 3.28. The maximum atomic E-state index is 13.1.